The van der Waals surface area contributed by atoms with Crippen LogP contribution in [0.1, 0.15) is 37.3 Å². The Kier molecular flexibility index (Phi) is 7.44. The molecule has 0 aliphatic heterocycles. The minimum Gasteiger partial charge on any atom is -0.441 e. The Morgan fingerprint density at radius 3 is 2.59 bits per heavy atom. The maximum atomic E-state index is 12.3. The topological polar surface area (TPSA) is 64.4 Å². The highest BCUT2D eigenvalue weighted by Gasteiger charge is 2.10. The number of benzene rings is 2. The first-order valence-corrected chi connectivity index (χ1v) is 10.0. The Bertz CT molecular complexity index is 935. The van der Waals surface area contributed by atoms with Gasteiger partial charge in [0.2, 0.25) is 5.91 Å². The minimum atomic E-state index is -0.0455. The molecule has 5 nitrogen and oxygen atoms in total. The second-order valence-corrected chi connectivity index (χ2v) is 7.47. The van der Waals surface area contributed by atoms with Gasteiger partial charge in [0, 0.05) is 30.0 Å². The maximum absolute atomic E-state index is 12.3. The molecule has 6 heteroatoms. The lowest BCUT2D eigenvalue weighted by molar-refractivity contribution is -0.121. The molecule has 1 N–H and O–H groups in total. The molecule has 152 valence electrons. The predicted molar refractivity (Wildman–Crippen MR) is 113 cm³/mol. The molecular formula is C23H25ClN2O3. The molecule has 0 aliphatic carbocycles. The Morgan fingerprint density at radius 2 is 1.86 bits per heavy atom. The molecule has 1 aromatic heterocycles. The molecule has 0 bridgehead atoms. The smallest absolute Gasteiger partial charge is 0.220 e. The number of nitrogens with one attached hydrogen (secondary N) is 1. The zero-order chi connectivity index (χ0) is 20.6. The number of ether oxygens (including phenoxy) is 1. The molecular weight excluding hydrogens is 388 g/mol. The van der Waals surface area contributed by atoms with E-state index in [1.54, 1.807) is 18.3 Å². The van der Waals surface area contributed by atoms with Crippen LogP contribution in [0.2, 0.25) is 5.02 Å². The van der Waals surface area contributed by atoms with Gasteiger partial charge in [0.25, 0.3) is 0 Å². The summed E-state index contributed by atoms with van der Waals surface area (Å²) < 4.78 is 11.4. The summed E-state index contributed by atoms with van der Waals surface area (Å²) in [6.07, 6.45) is 2.58. The Hall–Kier alpha value is -2.63. The first kappa shape index (κ1) is 21.1. The second-order valence-electron chi connectivity index (χ2n) is 7.03. The summed E-state index contributed by atoms with van der Waals surface area (Å²) in [5.74, 6) is 1.16. The normalized spacial score (nSPS) is 11.0. The lowest BCUT2D eigenvalue weighted by atomic mass is 10.1. The van der Waals surface area contributed by atoms with Crippen molar-refractivity contribution in [3.8, 4) is 11.3 Å². The van der Waals surface area contributed by atoms with Gasteiger partial charge in [0.1, 0.15) is 0 Å². The van der Waals surface area contributed by atoms with Crippen LogP contribution in [0.4, 0.5) is 0 Å². The molecule has 1 amide bonds. The van der Waals surface area contributed by atoms with Crippen LogP contribution in [-0.2, 0) is 29.1 Å². The zero-order valence-corrected chi connectivity index (χ0v) is 17.4. The average Bonchev–Trinajstić information content (AvgIpc) is 3.19. The van der Waals surface area contributed by atoms with Crippen LogP contribution in [0.3, 0.4) is 0 Å². The molecule has 0 spiro atoms. The number of halogens is 1. The summed E-state index contributed by atoms with van der Waals surface area (Å²) in [6, 6.07) is 15.3. The lowest BCUT2D eigenvalue weighted by Gasteiger charge is -2.12. The molecule has 0 atom stereocenters. The van der Waals surface area contributed by atoms with Crippen LogP contribution in [-0.4, -0.2) is 17.0 Å². The molecule has 0 fully saturated rings. The van der Waals surface area contributed by atoms with E-state index in [1.807, 2.05) is 50.2 Å². The van der Waals surface area contributed by atoms with Crippen LogP contribution in [0.15, 0.2) is 59.1 Å². The van der Waals surface area contributed by atoms with Crippen molar-refractivity contribution in [2.45, 2.75) is 45.9 Å². The van der Waals surface area contributed by atoms with Gasteiger partial charge >= 0.3 is 0 Å². The number of hydrogen-bond donors (Lipinski definition) is 1. The van der Waals surface area contributed by atoms with E-state index in [9.17, 15) is 4.79 Å². The number of aryl methyl sites for hydroxylation is 1. The van der Waals surface area contributed by atoms with E-state index in [0.717, 1.165) is 16.7 Å². The average molecular weight is 413 g/mol. The highest BCUT2D eigenvalue weighted by molar-refractivity contribution is 6.30. The van der Waals surface area contributed by atoms with Crippen molar-refractivity contribution >= 4 is 17.5 Å². The van der Waals surface area contributed by atoms with Crippen LogP contribution < -0.4 is 5.32 Å². The van der Waals surface area contributed by atoms with Gasteiger partial charge < -0.3 is 14.5 Å². The Labute approximate surface area is 176 Å². The number of carbonyl (C=O) groups excluding carboxylic acids is 1. The van der Waals surface area contributed by atoms with Crippen molar-refractivity contribution in [3.63, 3.8) is 0 Å². The van der Waals surface area contributed by atoms with Crippen molar-refractivity contribution in [3.05, 3.63) is 76.8 Å². The summed E-state index contributed by atoms with van der Waals surface area (Å²) in [5.41, 5.74) is 3.04. The van der Waals surface area contributed by atoms with E-state index in [-0.39, 0.29) is 12.0 Å². The van der Waals surface area contributed by atoms with Crippen LogP contribution in [0, 0.1) is 0 Å². The summed E-state index contributed by atoms with van der Waals surface area (Å²) in [5, 5.41) is 3.63. The van der Waals surface area contributed by atoms with Crippen molar-refractivity contribution in [1.82, 2.24) is 10.3 Å². The van der Waals surface area contributed by atoms with E-state index in [1.165, 1.54) is 0 Å². The van der Waals surface area contributed by atoms with Gasteiger partial charge in [0.05, 0.1) is 18.9 Å². The molecule has 0 aliphatic rings. The third-order valence-electron chi connectivity index (χ3n) is 4.41. The Balaban J connectivity index is 1.49. The number of carbonyl (C=O) groups is 1. The fraction of sp³-hybridized carbons (Fsp3) is 0.304. The van der Waals surface area contributed by atoms with E-state index >= 15 is 0 Å². The maximum Gasteiger partial charge on any atom is 0.220 e. The Morgan fingerprint density at radius 1 is 1.14 bits per heavy atom. The van der Waals surface area contributed by atoms with Gasteiger partial charge in [-0.3, -0.25) is 4.79 Å². The standard InChI is InChI=1S/C23H25ClN2O3/c1-16(2)28-15-19-6-4-3-5-18(19)13-25-22(27)11-12-23-26-14-21(29-23)17-7-9-20(24)10-8-17/h3-10,14,16H,11-13,15H2,1-2H3,(H,25,27). The monoisotopic (exact) mass is 412 g/mol. The summed E-state index contributed by atoms with van der Waals surface area (Å²) in [4.78, 5) is 16.5. The van der Waals surface area contributed by atoms with Crippen molar-refractivity contribution < 1.29 is 13.9 Å². The van der Waals surface area contributed by atoms with Gasteiger partial charge in [-0.25, -0.2) is 4.98 Å². The van der Waals surface area contributed by atoms with E-state index in [0.29, 0.717) is 42.7 Å². The van der Waals surface area contributed by atoms with Crippen molar-refractivity contribution in [2.75, 3.05) is 0 Å². The van der Waals surface area contributed by atoms with Crippen molar-refractivity contribution in [1.29, 1.82) is 0 Å². The number of oxazole rings is 1. The predicted octanol–water partition coefficient (Wildman–Crippen LogP) is 5.17. The van der Waals surface area contributed by atoms with Gasteiger partial charge in [-0.05, 0) is 49.2 Å². The fourth-order valence-corrected chi connectivity index (χ4v) is 2.93. The first-order chi connectivity index (χ1) is 14.0. The number of rotatable bonds is 9. The largest absolute Gasteiger partial charge is 0.441 e. The number of nitrogens with zero attached hydrogens (tertiary/aromatic N) is 1. The summed E-state index contributed by atoms with van der Waals surface area (Å²) in [7, 11) is 0. The molecule has 29 heavy (non-hydrogen) atoms. The highest BCUT2D eigenvalue weighted by atomic mass is 35.5. The fourth-order valence-electron chi connectivity index (χ4n) is 2.80. The SMILES string of the molecule is CC(C)OCc1ccccc1CNC(=O)CCc1ncc(-c2ccc(Cl)cc2)o1. The highest BCUT2D eigenvalue weighted by Crippen LogP contribution is 2.22. The second kappa shape index (κ2) is 10.2. The molecule has 0 unspecified atom stereocenters. The van der Waals surface area contributed by atoms with Crippen LogP contribution in [0.5, 0.6) is 0 Å². The van der Waals surface area contributed by atoms with Crippen molar-refractivity contribution in [2.24, 2.45) is 0 Å². The quantitative estimate of drug-likeness (QED) is 0.526. The van der Waals surface area contributed by atoms with Crippen LogP contribution in [0.25, 0.3) is 11.3 Å². The van der Waals surface area contributed by atoms with E-state index in [2.05, 4.69) is 10.3 Å². The number of aromatic nitrogens is 1. The lowest BCUT2D eigenvalue weighted by Crippen LogP contribution is -2.23. The molecule has 0 radical (unpaired) electrons. The summed E-state index contributed by atoms with van der Waals surface area (Å²) >= 11 is 5.91. The third kappa shape index (κ3) is 6.44. The first-order valence-electron chi connectivity index (χ1n) is 9.67. The molecule has 2 aromatic carbocycles. The molecule has 3 rings (SSSR count). The van der Waals surface area contributed by atoms with E-state index < -0.39 is 0 Å². The molecule has 3 aromatic rings. The van der Waals surface area contributed by atoms with E-state index in [4.69, 9.17) is 20.8 Å². The number of amides is 1. The third-order valence-corrected chi connectivity index (χ3v) is 4.67. The van der Waals surface area contributed by atoms with Gasteiger partial charge in [-0.2, -0.15) is 0 Å². The number of hydrogen-bond acceptors (Lipinski definition) is 4. The van der Waals surface area contributed by atoms with Gasteiger partial charge in [-0.15, -0.1) is 0 Å². The van der Waals surface area contributed by atoms with Gasteiger partial charge in [-0.1, -0.05) is 35.9 Å². The van der Waals surface area contributed by atoms with Gasteiger partial charge in [0.15, 0.2) is 11.7 Å². The molecule has 1 heterocycles. The summed E-state index contributed by atoms with van der Waals surface area (Å²) in [6.45, 7) is 5.02. The zero-order valence-electron chi connectivity index (χ0n) is 16.7. The molecule has 0 saturated heterocycles. The molecule has 0 saturated carbocycles. The minimum absolute atomic E-state index is 0.0455. The van der Waals surface area contributed by atoms with Crippen LogP contribution >= 0.6 is 11.6 Å².